The van der Waals surface area contributed by atoms with Gasteiger partial charge in [0.25, 0.3) is 5.91 Å². The Hall–Kier alpha value is -2.61. The molecule has 0 saturated carbocycles. The minimum atomic E-state index is -1.05. The standard InChI is InChI=1S/C17H20ClN3O5/c1-9(16(24)21-7-3-4-14(21)17(25)26)19-15(23)11-5-6-13(12(18)8-11)20-10(2)22/h5-6,8-9,14H,3-4,7H2,1-2H3,(H,19,23)(H,20,22)(H,25,26). The van der Waals surface area contributed by atoms with Crippen LogP contribution in [0.15, 0.2) is 18.2 Å². The largest absolute Gasteiger partial charge is 0.480 e. The van der Waals surface area contributed by atoms with Crippen molar-refractivity contribution in [2.45, 2.75) is 38.8 Å². The Morgan fingerprint density at radius 2 is 2.00 bits per heavy atom. The molecule has 1 aromatic rings. The van der Waals surface area contributed by atoms with Crippen molar-refractivity contribution in [3.05, 3.63) is 28.8 Å². The SMILES string of the molecule is CC(=O)Nc1ccc(C(=O)NC(C)C(=O)N2CCCC2C(=O)O)cc1Cl. The van der Waals surface area contributed by atoms with Gasteiger partial charge in [0.2, 0.25) is 11.8 Å². The third-order valence-corrected chi connectivity index (χ3v) is 4.39. The van der Waals surface area contributed by atoms with Crippen LogP contribution in [0.2, 0.25) is 5.02 Å². The molecular formula is C17H20ClN3O5. The Morgan fingerprint density at radius 3 is 2.58 bits per heavy atom. The summed E-state index contributed by atoms with van der Waals surface area (Å²) >= 11 is 6.04. The summed E-state index contributed by atoms with van der Waals surface area (Å²) in [5.41, 5.74) is 0.598. The van der Waals surface area contributed by atoms with Gasteiger partial charge in [0.1, 0.15) is 12.1 Å². The van der Waals surface area contributed by atoms with Gasteiger partial charge < -0.3 is 20.6 Å². The molecule has 3 N–H and O–H groups in total. The fraction of sp³-hybridized carbons (Fsp3) is 0.412. The molecule has 9 heteroatoms. The number of carboxylic acids is 1. The van der Waals surface area contributed by atoms with Crippen LogP contribution in [0.1, 0.15) is 37.0 Å². The fourth-order valence-corrected chi connectivity index (χ4v) is 3.05. The molecular weight excluding hydrogens is 362 g/mol. The number of rotatable bonds is 5. The first-order valence-electron chi connectivity index (χ1n) is 8.12. The minimum absolute atomic E-state index is 0.192. The van der Waals surface area contributed by atoms with E-state index in [9.17, 15) is 19.2 Å². The summed E-state index contributed by atoms with van der Waals surface area (Å²) in [6.45, 7) is 3.20. The molecule has 2 rings (SSSR count). The van der Waals surface area contributed by atoms with Crippen molar-refractivity contribution >= 4 is 41.0 Å². The molecule has 0 aromatic heterocycles. The van der Waals surface area contributed by atoms with E-state index >= 15 is 0 Å². The molecule has 1 aliphatic rings. The highest BCUT2D eigenvalue weighted by atomic mass is 35.5. The fourth-order valence-electron chi connectivity index (χ4n) is 2.83. The Labute approximate surface area is 155 Å². The van der Waals surface area contributed by atoms with Crippen molar-refractivity contribution in [3.8, 4) is 0 Å². The maximum absolute atomic E-state index is 12.4. The quantitative estimate of drug-likeness (QED) is 0.714. The second kappa shape index (κ2) is 8.18. The molecule has 1 aromatic carbocycles. The lowest BCUT2D eigenvalue weighted by Gasteiger charge is -2.25. The number of hydrogen-bond donors (Lipinski definition) is 3. The van der Waals surface area contributed by atoms with Gasteiger partial charge >= 0.3 is 5.97 Å². The highest BCUT2D eigenvalue weighted by Gasteiger charge is 2.36. The molecule has 3 amide bonds. The third kappa shape index (κ3) is 4.51. The summed E-state index contributed by atoms with van der Waals surface area (Å²) in [7, 11) is 0. The first kappa shape index (κ1) is 19.7. The van der Waals surface area contributed by atoms with E-state index in [1.807, 2.05) is 0 Å². The second-order valence-corrected chi connectivity index (χ2v) is 6.51. The first-order valence-corrected chi connectivity index (χ1v) is 8.49. The van der Waals surface area contributed by atoms with Gasteiger partial charge in [-0.2, -0.15) is 0 Å². The van der Waals surface area contributed by atoms with Crippen LogP contribution in [0, 0.1) is 0 Å². The number of amides is 3. The van der Waals surface area contributed by atoms with Crippen molar-refractivity contribution in [1.29, 1.82) is 0 Å². The Bertz CT molecular complexity index is 752. The van der Waals surface area contributed by atoms with E-state index in [0.29, 0.717) is 25.1 Å². The lowest BCUT2D eigenvalue weighted by molar-refractivity contribution is -0.148. The number of hydrogen-bond acceptors (Lipinski definition) is 4. The van der Waals surface area contributed by atoms with Crippen molar-refractivity contribution in [2.24, 2.45) is 0 Å². The van der Waals surface area contributed by atoms with Crippen molar-refractivity contribution in [2.75, 3.05) is 11.9 Å². The van der Waals surface area contributed by atoms with Crippen LogP contribution in [-0.4, -0.2) is 52.3 Å². The van der Waals surface area contributed by atoms with E-state index in [-0.39, 0.29) is 16.5 Å². The molecule has 1 heterocycles. The molecule has 2 atom stereocenters. The molecule has 0 radical (unpaired) electrons. The first-order chi connectivity index (χ1) is 12.2. The van der Waals surface area contributed by atoms with Gasteiger partial charge in [-0.15, -0.1) is 0 Å². The number of carboxylic acid groups (broad SMARTS) is 1. The predicted octanol–water partition coefficient (Wildman–Crippen LogP) is 1.49. The molecule has 140 valence electrons. The van der Waals surface area contributed by atoms with Crippen molar-refractivity contribution < 1.29 is 24.3 Å². The average Bonchev–Trinajstić information content (AvgIpc) is 3.05. The topological polar surface area (TPSA) is 116 Å². The molecule has 2 unspecified atom stereocenters. The number of anilines is 1. The second-order valence-electron chi connectivity index (χ2n) is 6.10. The van der Waals surface area contributed by atoms with Gasteiger partial charge in [0.05, 0.1) is 10.7 Å². The van der Waals surface area contributed by atoms with Gasteiger partial charge in [-0.3, -0.25) is 14.4 Å². The Kier molecular flexibility index (Phi) is 6.20. The number of nitrogens with one attached hydrogen (secondary N) is 2. The van der Waals surface area contributed by atoms with Gasteiger partial charge in [0, 0.05) is 19.0 Å². The number of carbonyl (C=O) groups is 4. The predicted molar refractivity (Wildman–Crippen MR) is 95.1 cm³/mol. The van der Waals surface area contributed by atoms with E-state index in [4.69, 9.17) is 16.7 Å². The molecule has 0 aliphatic carbocycles. The molecule has 0 spiro atoms. The number of nitrogens with zero attached hydrogens (tertiary/aromatic N) is 1. The monoisotopic (exact) mass is 381 g/mol. The summed E-state index contributed by atoms with van der Waals surface area (Å²) in [6.07, 6.45) is 1.02. The number of likely N-dealkylation sites (tertiary alicyclic amines) is 1. The molecule has 1 aliphatic heterocycles. The summed E-state index contributed by atoms with van der Waals surface area (Å²) in [6, 6.07) is 2.62. The minimum Gasteiger partial charge on any atom is -0.480 e. The number of benzene rings is 1. The summed E-state index contributed by atoms with van der Waals surface area (Å²) in [5, 5.41) is 14.4. The summed E-state index contributed by atoms with van der Waals surface area (Å²) < 4.78 is 0. The van der Waals surface area contributed by atoms with Crippen LogP contribution < -0.4 is 10.6 Å². The van der Waals surface area contributed by atoms with Crippen LogP contribution >= 0.6 is 11.6 Å². The highest BCUT2D eigenvalue weighted by Crippen LogP contribution is 2.23. The summed E-state index contributed by atoms with van der Waals surface area (Å²) in [4.78, 5) is 48.3. The van der Waals surface area contributed by atoms with E-state index in [2.05, 4.69) is 10.6 Å². The Morgan fingerprint density at radius 1 is 1.31 bits per heavy atom. The van der Waals surface area contributed by atoms with Crippen molar-refractivity contribution in [3.63, 3.8) is 0 Å². The molecule has 8 nitrogen and oxygen atoms in total. The molecule has 1 fully saturated rings. The zero-order valence-corrected chi connectivity index (χ0v) is 15.2. The maximum Gasteiger partial charge on any atom is 0.326 e. The third-order valence-electron chi connectivity index (χ3n) is 4.08. The van der Waals surface area contributed by atoms with Gasteiger partial charge in [-0.25, -0.2) is 4.79 Å². The highest BCUT2D eigenvalue weighted by molar-refractivity contribution is 6.34. The van der Waals surface area contributed by atoms with Crippen LogP contribution in [0.4, 0.5) is 5.69 Å². The lowest BCUT2D eigenvalue weighted by Crippen LogP contribution is -2.50. The Balaban J connectivity index is 2.04. The molecule has 1 saturated heterocycles. The van der Waals surface area contributed by atoms with Crippen LogP contribution in [0.3, 0.4) is 0 Å². The van der Waals surface area contributed by atoms with E-state index in [1.54, 1.807) is 0 Å². The van der Waals surface area contributed by atoms with Crippen LogP contribution in [-0.2, 0) is 14.4 Å². The normalized spacial score (nSPS) is 17.5. The van der Waals surface area contributed by atoms with E-state index in [0.717, 1.165) is 0 Å². The maximum atomic E-state index is 12.4. The van der Waals surface area contributed by atoms with Crippen LogP contribution in [0.25, 0.3) is 0 Å². The molecule has 26 heavy (non-hydrogen) atoms. The summed E-state index contributed by atoms with van der Waals surface area (Å²) in [5.74, 6) is -2.30. The molecule has 0 bridgehead atoms. The van der Waals surface area contributed by atoms with Crippen LogP contribution in [0.5, 0.6) is 0 Å². The van der Waals surface area contributed by atoms with E-state index < -0.39 is 29.9 Å². The zero-order valence-electron chi connectivity index (χ0n) is 14.4. The van der Waals surface area contributed by atoms with Crippen molar-refractivity contribution in [1.82, 2.24) is 10.2 Å². The number of aliphatic carboxylic acids is 1. The smallest absolute Gasteiger partial charge is 0.326 e. The van der Waals surface area contributed by atoms with Gasteiger partial charge in [-0.05, 0) is 38.0 Å². The number of carbonyl (C=O) groups excluding carboxylic acids is 3. The number of halogens is 1. The zero-order chi connectivity index (χ0) is 19.4. The van der Waals surface area contributed by atoms with Gasteiger partial charge in [0.15, 0.2) is 0 Å². The average molecular weight is 382 g/mol. The lowest BCUT2D eigenvalue weighted by atomic mass is 10.1. The van der Waals surface area contributed by atoms with E-state index in [1.165, 1.54) is 36.9 Å². The van der Waals surface area contributed by atoms with Gasteiger partial charge in [-0.1, -0.05) is 11.6 Å².